The van der Waals surface area contributed by atoms with E-state index in [9.17, 15) is 5.11 Å². The van der Waals surface area contributed by atoms with Crippen LogP contribution < -0.4 is 0 Å². The van der Waals surface area contributed by atoms with E-state index < -0.39 is 5.60 Å². The predicted molar refractivity (Wildman–Crippen MR) is 49.2 cm³/mol. The second kappa shape index (κ2) is 4.50. The molecule has 2 nitrogen and oxygen atoms in total. The van der Waals surface area contributed by atoms with Crippen LogP contribution in [0.3, 0.4) is 0 Å². The Morgan fingerprint density at radius 1 is 1.27 bits per heavy atom. The fourth-order valence-electron chi connectivity index (χ4n) is 1.15. The van der Waals surface area contributed by atoms with Gasteiger partial charge in [-0.15, -0.1) is 0 Å². The standard InChI is InChI=1S/C9H19NO/c1-5-9(11,6-2)8(4)10-7-3/h11H,5-7H2,1-4H3. The number of hydrogen-bond donors (Lipinski definition) is 1. The normalized spacial score (nSPS) is 13.7. The SMILES string of the molecule is CCN=C(C)C(O)(CC)CC. The molecule has 11 heavy (non-hydrogen) atoms. The van der Waals surface area contributed by atoms with E-state index in [4.69, 9.17) is 0 Å². The lowest BCUT2D eigenvalue weighted by atomic mass is 9.92. The van der Waals surface area contributed by atoms with Gasteiger partial charge in [0, 0.05) is 12.3 Å². The van der Waals surface area contributed by atoms with Gasteiger partial charge >= 0.3 is 0 Å². The smallest absolute Gasteiger partial charge is 0.101 e. The topological polar surface area (TPSA) is 32.6 Å². The molecule has 0 rings (SSSR count). The zero-order valence-electron chi connectivity index (χ0n) is 8.02. The van der Waals surface area contributed by atoms with Crippen LogP contribution in [0.15, 0.2) is 4.99 Å². The van der Waals surface area contributed by atoms with E-state index >= 15 is 0 Å². The first-order chi connectivity index (χ1) is 5.10. The van der Waals surface area contributed by atoms with Gasteiger partial charge in [0.25, 0.3) is 0 Å². The molecule has 2 heteroatoms. The lowest BCUT2D eigenvalue weighted by Gasteiger charge is -2.24. The van der Waals surface area contributed by atoms with Gasteiger partial charge in [-0.2, -0.15) is 0 Å². The van der Waals surface area contributed by atoms with Crippen molar-refractivity contribution in [2.75, 3.05) is 6.54 Å². The first-order valence-corrected chi connectivity index (χ1v) is 4.34. The number of aliphatic hydroxyl groups is 1. The van der Waals surface area contributed by atoms with Crippen molar-refractivity contribution < 1.29 is 5.11 Å². The highest BCUT2D eigenvalue weighted by Crippen LogP contribution is 2.16. The first-order valence-electron chi connectivity index (χ1n) is 4.34. The highest BCUT2D eigenvalue weighted by atomic mass is 16.3. The number of hydrogen-bond acceptors (Lipinski definition) is 2. The van der Waals surface area contributed by atoms with Crippen molar-refractivity contribution in [3.05, 3.63) is 0 Å². The molecule has 0 saturated heterocycles. The van der Waals surface area contributed by atoms with Crippen LogP contribution in [-0.2, 0) is 0 Å². The van der Waals surface area contributed by atoms with Gasteiger partial charge in [-0.05, 0) is 26.7 Å². The maximum atomic E-state index is 9.90. The summed E-state index contributed by atoms with van der Waals surface area (Å²) < 4.78 is 0. The lowest BCUT2D eigenvalue weighted by Crippen LogP contribution is -2.35. The van der Waals surface area contributed by atoms with Crippen molar-refractivity contribution in [1.29, 1.82) is 0 Å². The van der Waals surface area contributed by atoms with E-state index in [-0.39, 0.29) is 0 Å². The zero-order chi connectivity index (χ0) is 8.91. The Hall–Kier alpha value is -0.370. The molecule has 0 bridgehead atoms. The first kappa shape index (κ1) is 10.6. The van der Waals surface area contributed by atoms with Crippen molar-refractivity contribution in [3.63, 3.8) is 0 Å². The molecule has 0 amide bonds. The molecule has 0 aliphatic carbocycles. The third kappa shape index (κ3) is 2.62. The van der Waals surface area contributed by atoms with Gasteiger partial charge in [-0.3, -0.25) is 4.99 Å². The summed E-state index contributed by atoms with van der Waals surface area (Å²) in [5.41, 5.74) is 0.209. The summed E-state index contributed by atoms with van der Waals surface area (Å²) >= 11 is 0. The van der Waals surface area contributed by atoms with Gasteiger partial charge in [0.05, 0.1) is 0 Å². The number of nitrogens with zero attached hydrogens (tertiary/aromatic N) is 1. The van der Waals surface area contributed by atoms with Gasteiger partial charge in [-0.1, -0.05) is 13.8 Å². The Kier molecular flexibility index (Phi) is 4.34. The second-order valence-electron chi connectivity index (χ2n) is 2.80. The van der Waals surface area contributed by atoms with Gasteiger partial charge in [0.15, 0.2) is 0 Å². The maximum absolute atomic E-state index is 9.90. The Morgan fingerprint density at radius 2 is 1.73 bits per heavy atom. The minimum atomic E-state index is -0.657. The third-order valence-corrected chi connectivity index (χ3v) is 2.24. The average molecular weight is 157 g/mol. The maximum Gasteiger partial charge on any atom is 0.101 e. The van der Waals surface area contributed by atoms with Crippen molar-refractivity contribution in [2.24, 2.45) is 4.99 Å². The summed E-state index contributed by atoms with van der Waals surface area (Å²) in [7, 11) is 0. The molecular formula is C9H19NO. The van der Waals surface area contributed by atoms with Gasteiger partial charge in [0.1, 0.15) is 5.60 Å². The minimum Gasteiger partial charge on any atom is -0.384 e. The summed E-state index contributed by atoms with van der Waals surface area (Å²) in [6, 6.07) is 0. The molecule has 0 saturated carbocycles. The van der Waals surface area contributed by atoms with E-state index in [0.717, 1.165) is 25.1 Å². The van der Waals surface area contributed by atoms with Crippen LogP contribution in [0.25, 0.3) is 0 Å². The summed E-state index contributed by atoms with van der Waals surface area (Å²) in [4.78, 5) is 4.20. The fourth-order valence-corrected chi connectivity index (χ4v) is 1.15. The molecule has 0 aromatic heterocycles. The molecule has 0 radical (unpaired) electrons. The molecule has 0 unspecified atom stereocenters. The highest BCUT2D eigenvalue weighted by Gasteiger charge is 2.25. The number of aliphatic imine (C=N–C) groups is 1. The highest BCUT2D eigenvalue weighted by molar-refractivity contribution is 5.90. The number of rotatable bonds is 4. The fraction of sp³-hybridized carbons (Fsp3) is 0.889. The molecule has 66 valence electrons. The molecular weight excluding hydrogens is 138 g/mol. The van der Waals surface area contributed by atoms with E-state index in [1.807, 2.05) is 27.7 Å². The minimum absolute atomic E-state index is 0.657. The van der Waals surface area contributed by atoms with Crippen molar-refractivity contribution in [3.8, 4) is 0 Å². The quantitative estimate of drug-likeness (QED) is 0.622. The van der Waals surface area contributed by atoms with Crippen LogP contribution >= 0.6 is 0 Å². The molecule has 0 aromatic carbocycles. The molecule has 1 N–H and O–H groups in total. The zero-order valence-corrected chi connectivity index (χ0v) is 8.02. The lowest BCUT2D eigenvalue weighted by molar-refractivity contribution is 0.103. The Bertz CT molecular complexity index is 136. The molecule has 0 aromatic rings. The Labute approximate surface area is 69.3 Å². The van der Waals surface area contributed by atoms with Crippen molar-refractivity contribution in [1.82, 2.24) is 0 Å². The van der Waals surface area contributed by atoms with Gasteiger partial charge < -0.3 is 5.11 Å². The summed E-state index contributed by atoms with van der Waals surface area (Å²) in [5, 5.41) is 9.90. The second-order valence-corrected chi connectivity index (χ2v) is 2.80. The Balaban J connectivity index is 4.36. The average Bonchev–Trinajstić information content (AvgIpc) is 2.03. The Morgan fingerprint density at radius 3 is 2.00 bits per heavy atom. The predicted octanol–water partition coefficient (Wildman–Crippen LogP) is 2.02. The van der Waals surface area contributed by atoms with Crippen LogP contribution in [-0.4, -0.2) is 23.0 Å². The van der Waals surface area contributed by atoms with Crippen molar-refractivity contribution in [2.45, 2.75) is 46.1 Å². The van der Waals surface area contributed by atoms with E-state index in [1.165, 1.54) is 0 Å². The molecule has 0 atom stereocenters. The van der Waals surface area contributed by atoms with Crippen LogP contribution in [0.5, 0.6) is 0 Å². The summed E-state index contributed by atoms with van der Waals surface area (Å²) in [6.07, 6.45) is 1.50. The van der Waals surface area contributed by atoms with Gasteiger partial charge in [0.2, 0.25) is 0 Å². The van der Waals surface area contributed by atoms with E-state index in [2.05, 4.69) is 4.99 Å². The van der Waals surface area contributed by atoms with Crippen LogP contribution in [0.2, 0.25) is 0 Å². The van der Waals surface area contributed by atoms with E-state index in [1.54, 1.807) is 0 Å². The van der Waals surface area contributed by atoms with Crippen LogP contribution in [0.4, 0.5) is 0 Å². The largest absolute Gasteiger partial charge is 0.384 e. The molecule has 0 aliphatic rings. The van der Waals surface area contributed by atoms with Crippen LogP contribution in [0, 0.1) is 0 Å². The summed E-state index contributed by atoms with van der Waals surface area (Å²) in [5.74, 6) is 0. The monoisotopic (exact) mass is 157 g/mol. The molecule has 0 spiro atoms. The molecule has 0 heterocycles. The third-order valence-electron chi connectivity index (χ3n) is 2.24. The van der Waals surface area contributed by atoms with Crippen molar-refractivity contribution >= 4 is 5.71 Å². The molecule has 0 fully saturated rings. The summed E-state index contributed by atoms with van der Waals surface area (Å²) in [6.45, 7) is 8.61. The van der Waals surface area contributed by atoms with Crippen LogP contribution in [0.1, 0.15) is 40.5 Å². The van der Waals surface area contributed by atoms with E-state index in [0.29, 0.717) is 0 Å². The van der Waals surface area contributed by atoms with Gasteiger partial charge in [-0.25, -0.2) is 0 Å². The molecule has 0 aliphatic heterocycles.